The summed E-state index contributed by atoms with van der Waals surface area (Å²) in [7, 11) is 0. The maximum atomic E-state index is 2.40. The van der Waals surface area contributed by atoms with Gasteiger partial charge in [0.25, 0.3) is 0 Å². The first kappa shape index (κ1) is 27.5. The Balaban J connectivity index is 1.11. The molecule has 0 saturated carbocycles. The van der Waals surface area contributed by atoms with Crippen molar-refractivity contribution in [1.29, 1.82) is 0 Å². The van der Waals surface area contributed by atoms with Crippen molar-refractivity contribution in [2.45, 2.75) is 19.3 Å². The molecule has 1 aliphatic carbocycles. The number of benzene rings is 7. The molecule has 0 amide bonds. The van der Waals surface area contributed by atoms with Gasteiger partial charge in [0.15, 0.2) is 0 Å². The smallest absolute Gasteiger partial charge is 0.0528 e. The second-order valence-corrected chi connectivity index (χ2v) is 13.1. The molecular formula is C45H34N2. The van der Waals surface area contributed by atoms with Crippen LogP contribution in [0, 0.1) is 0 Å². The summed E-state index contributed by atoms with van der Waals surface area (Å²) in [6, 6.07) is 59.8. The Bertz CT molecular complexity index is 2430. The highest BCUT2D eigenvalue weighted by molar-refractivity contribution is 5.91. The second-order valence-electron chi connectivity index (χ2n) is 13.1. The highest BCUT2D eigenvalue weighted by Crippen LogP contribution is 2.50. The number of para-hydroxylation sites is 1. The largest absolute Gasteiger partial charge is 0.317 e. The molecule has 0 fully saturated rings. The average molecular weight is 603 g/mol. The summed E-state index contributed by atoms with van der Waals surface area (Å²) in [6.45, 7) is 4.70. The van der Waals surface area contributed by atoms with E-state index in [1.54, 1.807) is 0 Å². The molecule has 0 saturated heterocycles. The van der Waals surface area contributed by atoms with E-state index in [4.69, 9.17) is 0 Å². The van der Waals surface area contributed by atoms with Crippen molar-refractivity contribution < 1.29 is 0 Å². The molecule has 9 rings (SSSR count). The molecule has 0 unspecified atom stereocenters. The zero-order valence-electron chi connectivity index (χ0n) is 26.6. The number of aromatic nitrogens is 1. The van der Waals surface area contributed by atoms with Crippen molar-refractivity contribution in [2.24, 2.45) is 0 Å². The van der Waals surface area contributed by atoms with E-state index in [-0.39, 0.29) is 5.41 Å². The topological polar surface area (TPSA) is 8.17 Å². The summed E-state index contributed by atoms with van der Waals surface area (Å²) in [6.07, 6.45) is 2.15. The van der Waals surface area contributed by atoms with Gasteiger partial charge in [-0.25, -0.2) is 0 Å². The summed E-state index contributed by atoms with van der Waals surface area (Å²) in [4.78, 5) is 2.40. The molecule has 0 N–H and O–H groups in total. The van der Waals surface area contributed by atoms with Crippen LogP contribution in [0.1, 0.15) is 25.0 Å². The lowest BCUT2D eigenvalue weighted by atomic mass is 9.82. The number of rotatable bonds is 5. The Labute approximate surface area is 275 Å². The molecule has 0 bridgehead atoms. The first-order valence-corrected chi connectivity index (χ1v) is 16.3. The monoisotopic (exact) mass is 602 g/mol. The highest BCUT2D eigenvalue weighted by atomic mass is 15.1. The maximum absolute atomic E-state index is 2.40. The molecular weight excluding hydrogens is 569 g/mol. The van der Waals surface area contributed by atoms with Crippen molar-refractivity contribution in [3.63, 3.8) is 0 Å². The van der Waals surface area contributed by atoms with Gasteiger partial charge in [0, 0.05) is 34.4 Å². The van der Waals surface area contributed by atoms with E-state index >= 15 is 0 Å². The standard InChI is InChI=1S/C45H34N2/c1-45(2)42-13-7-6-12-40(42)41-26-25-39(30-43(41)45)47(38-24-19-31-9-3-4-11-35(31)29-38)37-22-17-33(18-23-37)32-15-20-36(21-16-32)46-28-27-34-10-5-8-14-44(34)46/h3-30H,1-2H3. The van der Waals surface area contributed by atoms with Crippen LogP contribution < -0.4 is 4.90 Å². The number of anilines is 3. The number of hydrogen-bond acceptors (Lipinski definition) is 1. The van der Waals surface area contributed by atoms with Crippen molar-refractivity contribution in [3.05, 3.63) is 181 Å². The fourth-order valence-corrected chi connectivity index (χ4v) is 7.52. The minimum atomic E-state index is -0.0695. The van der Waals surface area contributed by atoms with Crippen LogP contribution in [-0.2, 0) is 5.41 Å². The van der Waals surface area contributed by atoms with Gasteiger partial charge in [-0.3, -0.25) is 0 Å². The SMILES string of the molecule is CC1(C)c2ccccc2-c2ccc(N(c3ccc(-c4ccc(-n5ccc6ccccc65)cc4)cc3)c3ccc4ccccc4c3)cc21. The maximum Gasteiger partial charge on any atom is 0.0528 e. The van der Waals surface area contributed by atoms with E-state index in [1.165, 1.54) is 55.1 Å². The Morgan fingerprint density at radius 3 is 1.85 bits per heavy atom. The summed E-state index contributed by atoms with van der Waals surface area (Å²) in [5, 5.41) is 3.73. The van der Waals surface area contributed by atoms with Crippen LogP contribution in [-0.4, -0.2) is 4.57 Å². The van der Waals surface area contributed by atoms with Gasteiger partial charge in [0.05, 0.1) is 5.52 Å². The lowest BCUT2D eigenvalue weighted by Gasteiger charge is -2.28. The van der Waals surface area contributed by atoms with E-state index in [9.17, 15) is 0 Å². The normalized spacial score (nSPS) is 13.1. The highest BCUT2D eigenvalue weighted by Gasteiger charge is 2.35. The molecule has 2 nitrogen and oxygen atoms in total. The van der Waals surface area contributed by atoms with Gasteiger partial charge in [0.2, 0.25) is 0 Å². The van der Waals surface area contributed by atoms with Gasteiger partial charge < -0.3 is 9.47 Å². The third-order valence-electron chi connectivity index (χ3n) is 10.0. The quantitative estimate of drug-likeness (QED) is 0.190. The van der Waals surface area contributed by atoms with Gasteiger partial charge in [-0.15, -0.1) is 0 Å². The van der Waals surface area contributed by atoms with Crippen LogP contribution in [0.25, 0.3) is 49.6 Å². The molecule has 2 heteroatoms. The van der Waals surface area contributed by atoms with Crippen molar-refractivity contribution in [3.8, 4) is 27.9 Å². The van der Waals surface area contributed by atoms with Crippen molar-refractivity contribution >= 4 is 38.7 Å². The molecule has 1 aromatic heterocycles. The first-order valence-electron chi connectivity index (χ1n) is 16.3. The molecule has 47 heavy (non-hydrogen) atoms. The fraction of sp³-hybridized carbons (Fsp3) is 0.0667. The van der Waals surface area contributed by atoms with Crippen LogP contribution in [0.2, 0.25) is 0 Å². The molecule has 7 aromatic carbocycles. The predicted octanol–water partition coefficient (Wildman–Crippen LogP) is 12.2. The molecule has 1 aliphatic rings. The van der Waals surface area contributed by atoms with E-state index in [0.29, 0.717) is 0 Å². The number of hydrogen-bond donors (Lipinski definition) is 0. The summed E-state index contributed by atoms with van der Waals surface area (Å²) in [5.41, 5.74) is 13.6. The predicted molar refractivity (Wildman–Crippen MR) is 198 cm³/mol. The van der Waals surface area contributed by atoms with Crippen LogP contribution in [0.15, 0.2) is 170 Å². The Morgan fingerprint density at radius 1 is 0.447 bits per heavy atom. The summed E-state index contributed by atoms with van der Waals surface area (Å²) in [5.74, 6) is 0. The zero-order valence-corrected chi connectivity index (χ0v) is 26.6. The summed E-state index contributed by atoms with van der Waals surface area (Å²) < 4.78 is 2.25. The molecule has 0 atom stereocenters. The van der Waals surface area contributed by atoms with Gasteiger partial charge in [0.1, 0.15) is 0 Å². The second kappa shape index (κ2) is 10.6. The van der Waals surface area contributed by atoms with E-state index in [1.807, 2.05) is 0 Å². The molecule has 0 radical (unpaired) electrons. The van der Waals surface area contributed by atoms with Crippen molar-refractivity contribution in [1.82, 2.24) is 4.57 Å². The van der Waals surface area contributed by atoms with Gasteiger partial charge >= 0.3 is 0 Å². The van der Waals surface area contributed by atoms with Gasteiger partial charge in [-0.1, -0.05) is 117 Å². The first-order chi connectivity index (χ1) is 23.0. The van der Waals surface area contributed by atoms with E-state index < -0.39 is 0 Å². The molecule has 0 aliphatic heterocycles. The van der Waals surface area contributed by atoms with E-state index in [0.717, 1.165) is 22.7 Å². The minimum absolute atomic E-state index is 0.0695. The third kappa shape index (κ3) is 4.48. The molecule has 8 aromatic rings. The van der Waals surface area contributed by atoms with Crippen LogP contribution in [0.4, 0.5) is 17.1 Å². The number of fused-ring (bicyclic) bond motifs is 5. The lowest BCUT2D eigenvalue weighted by Crippen LogP contribution is -2.16. The fourth-order valence-electron chi connectivity index (χ4n) is 7.52. The Kier molecular flexibility index (Phi) is 6.20. The minimum Gasteiger partial charge on any atom is -0.317 e. The average Bonchev–Trinajstić information content (AvgIpc) is 3.65. The number of nitrogens with zero attached hydrogens (tertiary/aromatic N) is 2. The van der Waals surface area contributed by atoms with Gasteiger partial charge in [-0.2, -0.15) is 0 Å². The van der Waals surface area contributed by atoms with Gasteiger partial charge in [-0.05, 0) is 110 Å². The van der Waals surface area contributed by atoms with Crippen LogP contribution >= 0.6 is 0 Å². The van der Waals surface area contributed by atoms with Crippen LogP contribution in [0.5, 0.6) is 0 Å². The lowest BCUT2D eigenvalue weighted by molar-refractivity contribution is 0.660. The summed E-state index contributed by atoms with van der Waals surface area (Å²) >= 11 is 0. The van der Waals surface area contributed by atoms with Crippen molar-refractivity contribution in [2.75, 3.05) is 4.90 Å². The zero-order chi connectivity index (χ0) is 31.5. The molecule has 1 heterocycles. The Hall–Kier alpha value is -5.86. The Morgan fingerprint density at radius 2 is 1.04 bits per heavy atom. The molecule has 0 spiro atoms. The third-order valence-corrected chi connectivity index (χ3v) is 10.0. The van der Waals surface area contributed by atoms with E-state index in [2.05, 4.69) is 193 Å². The van der Waals surface area contributed by atoms with Crippen LogP contribution in [0.3, 0.4) is 0 Å². The molecule has 224 valence electrons.